The molecule has 36 heavy (non-hydrogen) atoms. The molecule has 184 valence electrons. The summed E-state index contributed by atoms with van der Waals surface area (Å²) in [5, 5.41) is 7.38. The van der Waals surface area contributed by atoms with E-state index in [1.54, 1.807) is 18.2 Å². The number of nitrogens with zero attached hydrogens (tertiary/aromatic N) is 3. The number of ether oxygens (including phenoxy) is 2. The van der Waals surface area contributed by atoms with E-state index in [0.29, 0.717) is 22.9 Å². The van der Waals surface area contributed by atoms with Gasteiger partial charge in [0.25, 0.3) is 5.89 Å². The normalized spacial score (nSPS) is 14.8. The second-order valence-electron chi connectivity index (χ2n) is 8.88. The maximum atomic E-state index is 13.2. The summed E-state index contributed by atoms with van der Waals surface area (Å²) in [6, 6.07) is 14.7. The molecular weight excluding hydrogens is 460 g/mol. The number of rotatable bonds is 7. The molecule has 0 radical (unpaired) electrons. The molecule has 1 amide bonds. The number of benzene rings is 2. The number of methoxy groups -OCH3 is 1. The Labute approximate surface area is 207 Å². The van der Waals surface area contributed by atoms with Crippen LogP contribution in [0.1, 0.15) is 46.7 Å². The van der Waals surface area contributed by atoms with Crippen molar-refractivity contribution in [2.75, 3.05) is 12.4 Å². The Morgan fingerprint density at radius 3 is 2.78 bits per heavy atom. The maximum Gasteiger partial charge on any atom is 0.339 e. The zero-order chi connectivity index (χ0) is 25.1. The molecule has 1 aliphatic rings. The Morgan fingerprint density at radius 1 is 1.11 bits per heavy atom. The number of hydrogen-bond donors (Lipinski definition) is 1. The van der Waals surface area contributed by atoms with E-state index in [2.05, 4.69) is 22.4 Å². The highest BCUT2D eigenvalue weighted by molar-refractivity contribution is 6.05. The fraction of sp³-hybridized carbons (Fsp3) is 0.296. The van der Waals surface area contributed by atoms with Crippen molar-refractivity contribution < 1.29 is 23.6 Å². The monoisotopic (exact) mass is 486 g/mol. The van der Waals surface area contributed by atoms with E-state index in [4.69, 9.17) is 19.0 Å². The molecule has 5 rings (SSSR count). The number of carbonyl (C=O) groups excluding carboxylic acids is 2. The number of hydrogen-bond acceptors (Lipinski definition) is 8. The van der Waals surface area contributed by atoms with Crippen molar-refractivity contribution in [3.05, 3.63) is 77.1 Å². The molecule has 1 aliphatic carbocycles. The molecule has 0 fully saturated rings. The van der Waals surface area contributed by atoms with E-state index >= 15 is 0 Å². The van der Waals surface area contributed by atoms with Crippen LogP contribution in [0.3, 0.4) is 0 Å². The number of esters is 1. The minimum atomic E-state index is -0.451. The van der Waals surface area contributed by atoms with Crippen LogP contribution in [0.2, 0.25) is 0 Å². The van der Waals surface area contributed by atoms with Gasteiger partial charge in [0.2, 0.25) is 5.91 Å². The van der Waals surface area contributed by atoms with Crippen LogP contribution >= 0.6 is 0 Å². The molecule has 9 nitrogen and oxygen atoms in total. The van der Waals surface area contributed by atoms with Gasteiger partial charge >= 0.3 is 5.97 Å². The van der Waals surface area contributed by atoms with Crippen molar-refractivity contribution in [3.8, 4) is 5.75 Å². The number of para-hydroxylation sites is 3. The molecule has 2 heterocycles. The lowest BCUT2D eigenvalue weighted by atomic mass is 9.84. The van der Waals surface area contributed by atoms with E-state index in [1.807, 2.05) is 30.3 Å². The van der Waals surface area contributed by atoms with Crippen LogP contribution in [-0.4, -0.2) is 34.1 Å². The van der Waals surface area contributed by atoms with Gasteiger partial charge in [-0.3, -0.25) is 9.78 Å². The van der Waals surface area contributed by atoms with Gasteiger partial charge in [0, 0.05) is 11.1 Å². The summed E-state index contributed by atoms with van der Waals surface area (Å²) in [7, 11) is 1.53. The lowest BCUT2D eigenvalue weighted by Crippen LogP contribution is -2.19. The molecule has 1 N–H and O–H groups in total. The summed E-state index contributed by atoms with van der Waals surface area (Å²) < 4.78 is 16.0. The SMILES string of the molecule is COc1ccccc1NC(=O)Cc1noc(COC(=O)c2c3c(nc4ccccc24)CC[C@@H](C)C3)n1. The molecule has 0 spiro atoms. The van der Waals surface area contributed by atoms with Crippen LogP contribution in [0, 0.1) is 5.92 Å². The molecule has 1 atom stereocenters. The van der Waals surface area contributed by atoms with Crippen LogP contribution in [0.25, 0.3) is 10.9 Å². The largest absolute Gasteiger partial charge is 0.495 e. The average molecular weight is 487 g/mol. The predicted octanol–water partition coefficient (Wildman–Crippen LogP) is 4.29. The molecule has 2 aromatic carbocycles. The van der Waals surface area contributed by atoms with Crippen LogP contribution in [0.4, 0.5) is 5.69 Å². The fourth-order valence-corrected chi connectivity index (χ4v) is 4.50. The lowest BCUT2D eigenvalue weighted by molar-refractivity contribution is -0.115. The molecule has 0 bridgehead atoms. The van der Waals surface area contributed by atoms with E-state index in [9.17, 15) is 9.59 Å². The Morgan fingerprint density at radius 2 is 1.92 bits per heavy atom. The van der Waals surface area contributed by atoms with Crippen molar-refractivity contribution in [1.82, 2.24) is 15.1 Å². The van der Waals surface area contributed by atoms with Crippen molar-refractivity contribution >= 4 is 28.5 Å². The van der Waals surface area contributed by atoms with Crippen LogP contribution in [-0.2, 0) is 35.4 Å². The number of carbonyl (C=O) groups is 2. The Bertz CT molecular complexity index is 1430. The lowest BCUT2D eigenvalue weighted by Gasteiger charge is -2.24. The molecule has 0 saturated carbocycles. The number of fused-ring (bicyclic) bond motifs is 2. The minimum Gasteiger partial charge on any atom is -0.495 e. The van der Waals surface area contributed by atoms with Crippen molar-refractivity contribution in [3.63, 3.8) is 0 Å². The quantitative estimate of drug-likeness (QED) is 0.385. The first-order chi connectivity index (χ1) is 17.5. The van der Waals surface area contributed by atoms with Crippen molar-refractivity contribution in [2.45, 2.75) is 39.2 Å². The number of pyridine rings is 1. The molecule has 2 aromatic heterocycles. The second-order valence-corrected chi connectivity index (χ2v) is 8.88. The van der Waals surface area contributed by atoms with Gasteiger partial charge in [-0.2, -0.15) is 4.98 Å². The Hall–Kier alpha value is -4.27. The van der Waals surface area contributed by atoms with Crippen molar-refractivity contribution in [1.29, 1.82) is 0 Å². The van der Waals surface area contributed by atoms with Crippen molar-refractivity contribution in [2.24, 2.45) is 5.92 Å². The smallest absolute Gasteiger partial charge is 0.339 e. The van der Waals surface area contributed by atoms with Gasteiger partial charge in [-0.05, 0) is 48.9 Å². The van der Waals surface area contributed by atoms with Gasteiger partial charge in [0.05, 0.1) is 30.3 Å². The molecule has 9 heteroatoms. The number of aryl methyl sites for hydroxylation is 1. The van der Waals surface area contributed by atoms with Gasteiger partial charge in [-0.15, -0.1) is 0 Å². The average Bonchev–Trinajstić information content (AvgIpc) is 3.33. The van der Waals surface area contributed by atoms with E-state index in [-0.39, 0.29) is 30.7 Å². The molecule has 0 unspecified atom stereocenters. The van der Waals surface area contributed by atoms with Crippen LogP contribution in [0.5, 0.6) is 5.75 Å². The minimum absolute atomic E-state index is 0.101. The first-order valence-corrected chi connectivity index (χ1v) is 11.8. The zero-order valence-electron chi connectivity index (χ0n) is 20.1. The van der Waals surface area contributed by atoms with Crippen LogP contribution < -0.4 is 10.1 Å². The van der Waals surface area contributed by atoms with Gasteiger partial charge in [0.15, 0.2) is 12.4 Å². The standard InChI is InChI=1S/C27H26N4O5/c1-16-11-12-20-18(13-16)26(17-7-3-4-8-19(17)28-20)27(33)35-15-25-30-23(31-36-25)14-24(32)29-21-9-5-6-10-22(21)34-2/h3-10,16H,11-15H2,1-2H3,(H,29,32)/t16-/m1/s1. The second kappa shape index (κ2) is 10.2. The maximum absolute atomic E-state index is 13.2. The third kappa shape index (κ3) is 4.91. The Kier molecular flexibility index (Phi) is 6.62. The number of nitrogens with one attached hydrogen (secondary N) is 1. The van der Waals surface area contributed by atoms with Gasteiger partial charge in [-0.25, -0.2) is 4.79 Å². The topological polar surface area (TPSA) is 116 Å². The van der Waals surface area contributed by atoms with Gasteiger partial charge in [0.1, 0.15) is 5.75 Å². The summed E-state index contributed by atoms with van der Waals surface area (Å²) in [4.78, 5) is 34.7. The number of aromatic nitrogens is 3. The molecule has 0 saturated heterocycles. The number of anilines is 1. The number of amides is 1. The van der Waals surface area contributed by atoms with Gasteiger partial charge < -0.3 is 19.3 Å². The highest BCUT2D eigenvalue weighted by atomic mass is 16.6. The summed E-state index contributed by atoms with van der Waals surface area (Å²) >= 11 is 0. The summed E-state index contributed by atoms with van der Waals surface area (Å²) in [5.74, 6) is 0.540. The van der Waals surface area contributed by atoms with E-state index in [0.717, 1.165) is 41.4 Å². The molecule has 0 aliphatic heterocycles. The Balaban J connectivity index is 1.27. The third-order valence-corrected chi connectivity index (χ3v) is 6.25. The summed E-state index contributed by atoms with van der Waals surface area (Å²) in [6.45, 7) is 1.98. The highest BCUT2D eigenvalue weighted by Crippen LogP contribution is 2.32. The van der Waals surface area contributed by atoms with E-state index < -0.39 is 5.97 Å². The predicted molar refractivity (Wildman–Crippen MR) is 132 cm³/mol. The summed E-state index contributed by atoms with van der Waals surface area (Å²) in [5.41, 5.74) is 3.79. The first-order valence-electron chi connectivity index (χ1n) is 11.8. The molecular formula is C27H26N4O5. The van der Waals surface area contributed by atoms with Gasteiger partial charge in [-0.1, -0.05) is 42.4 Å². The highest BCUT2D eigenvalue weighted by Gasteiger charge is 2.26. The fourth-order valence-electron chi connectivity index (χ4n) is 4.50. The molecule has 4 aromatic rings. The summed E-state index contributed by atoms with van der Waals surface area (Å²) in [6.07, 6.45) is 2.56. The first kappa shape index (κ1) is 23.5. The van der Waals surface area contributed by atoms with E-state index in [1.165, 1.54) is 7.11 Å². The zero-order valence-corrected chi connectivity index (χ0v) is 20.1. The van der Waals surface area contributed by atoms with Crippen LogP contribution in [0.15, 0.2) is 53.1 Å². The third-order valence-electron chi connectivity index (χ3n) is 6.25.